The Kier molecular flexibility index (Phi) is 9.84. The lowest BCUT2D eigenvalue weighted by molar-refractivity contribution is -0.141. The van der Waals surface area contributed by atoms with Crippen LogP contribution >= 0.6 is 23.1 Å². The lowest BCUT2D eigenvalue weighted by Gasteiger charge is -2.25. The number of carbonyl (C=O) groups is 1. The van der Waals surface area contributed by atoms with Crippen molar-refractivity contribution < 1.29 is 27.4 Å². The fourth-order valence-electron chi connectivity index (χ4n) is 5.29. The van der Waals surface area contributed by atoms with E-state index >= 15 is 0 Å². The number of methoxy groups -OCH3 is 2. The average molecular weight is 694 g/mol. The second-order valence-corrected chi connectivity index (χ2v) is 13.0. The molecule has 2 aromatic heterocycles. The van der Waals surface area contributed by atoms with Gasteiger partial charge < -0.3 is 14.4 Å². The number of rotatable bonds is 8. The van der Waals surface area contributed by atoms with Crippen molar-refractivity contribution in [3.8, 4) is 11.8 Å². The van der Waals surface area contributed by atoms with Crippen LogP contribution in [0.5, 0.6) is 5.75 Å². The zero-order valence-corrected chi connectivity index (χ0v) is 28.4. The number of aryl methyl sites for hydroxylation is 1. The highest BCUT2D eigenvalue weighted by molar-refractivity contribution is 7.98. The Bertz CT molecular complexity index is 2160. The number of esters is 1. The van der Waals surface area contributed by atoms with Crippen molar-refractivity contribution in [3.63, 3.8) is 0 Å². The number of allylic oxidation sites excluding steroid dienone is 1. The Labute approximate surface area is 282 Å². The molecule has 248 valence electrons. The van der Waals surface area contributed by atoms with E-state index in [2.05, 4.69) is 9.98 Å². The summed E-state index contributed by atoms with van der Waals surface area (Å²) in [7, 11) is 6.59. The van der Waals surface area contributed by atoms with Crippen LogP contribution in [0.4, 0.5) is 18.9 Å². The Morgan fingerprint density at radius 2 is 1.85 bits per heavy atom. The van der Waals surface area contributed by atoms with Gasteiger partial charge in [-0.3, -0.25) is 9.36 Å². The van der Waals surface area contributed by atoms with Gasteiger partial charge in [0.15, 0.2) is 4.80 Å². The summed E-state index contributed by atoms with van der Waals surface area (Å²) in [5.74, 6) is 0.0245. The molecule has 0 fully saturated rings. The van der Waals surface area contributed by atoms with Crippen molar-refractivity contribution >= 4 is 40.8 Å². The lowest BCUT2D eigenvalue weighted by Crippen LogP contribution is -2.39. The third-order valence-electron chi connectivity index (χ3n) is 7.70. The molecule has 0 bridgehead atoms. The van der Waals surface area contributed by atoms with Crippen LogP contribution in [-0.2, 0) is 21.5 Å². The van der Waals surface area contributed by atoms with Gasteiger partial charge in [0.05, 0.1) is 41.6 Å². The summed E-state index contributed by atoms with van der Waals surface area (Å²) >= 11 is 2.16. The number of hydrogen-bond acceptors (Lipinski definition) is 10. The summed E-state index contributed by atoms with van der Waals surface area (Å²) in [6, 6.07) is 14.8. The Morgan fingerprint density at radius 3 is 2.46 bits per heavy atom. The maximum atomic E-state index is 14.0. The van der Waals surface area contributed by atoms with Crippen LogP contribution in [-0.4, -0.2) is 43.8 Å². The highest BCUT2D eigenvalue weighted by Gasteiger charge is 2.35. The molecular weight excluding hydrogens is 664 g/mol. The smallest absolute Gasteiger partial charge is 0.433 e. The first-order valence-corrected chi connectivity index (χ1v) is 16.2. The van der Waals surface area contributed by atoms with Gasteiger partial charge in [0.25, 0.3) is 5.56 Å². The van der Waals surface area contributed by atoms with Gasteiger partial charge >= 0.3 is 12.1 Å². The van der Waals surface area contributed by atoms with E-state index in [9.17, 15) is 28.0 Å². The van der Waals surface area contributed by atoms with Crippen LogP contribution in [0.25, 0.3) is 6.08 Å². The molecule has 5 rings (SSSR count). The molecule has 0 amide bonds. The largest absolute Gasteiger partial charge is 0.496 e. The molecule has 4 aromatic rings. The number of alkyl halides is 3. The third-order valence-corrected chi connectivity index (χ3v) is 9.71. The summed E-state index contributed by atoms with van der Waals surface area (Å²) < 4.78 is 52.9. The predicted octanol–water partition coefficient (Wildman–Crippen LogP) is 5.37. The van der Waals surface area contributed by atoms with Gasteiger partial charge in [0, 0.05) is 31.1 Å². The van der Waals surface area contributed by atoms with E-state index in [0.717, 1.165) is 23.5 Å². The summed E-state index contributed by atoms with van der Waals surface area (Å²) in [6.07, 6.45) is -2.98. The van der Waals surface area contributed by atoms with Gasteiger partial charge in [-0.15, -0.1) is 11.8 Å². The molecule has 0 N–H and O–H groups in total. The lowest BCUT2D eigenvalue weighted by atomic mass is 9.95. The molecule has 9 nitrogen and oxygen atoms in total. The minimum atomic E-state index is -4.67. The molecular formula is C34H30F3N5O4S2. The number of thiazole rings is 1. The second kappa shape index (κ2) is 13.7. The molecule has 14 heteroatoms. The van der Waals surface area contributed by atoms with Gasteiger partial charge in [-0.05, 0) is 66.9 Å². The SMILES string of the molecule is COC(=O)C1=C(C)N=c2s/c(=C\c3ccc(OC)c(CSc4nc(C(F)(F)F)cc(C)c4C#N)c3)c(=O)n2[C@@H]1c1ccc(N(C)C)cc1. The fourth-order valence-corrected chi connectivity index (χ4v) is 7.37. The van der Waals surface area contributed by atoms with E-state index < -0.39 is 23.9 Å². The summed E-state index contributed by atoms with van der Waals surface area (Å²) in [4.78, 5) is 37.7. The maximum absolute atomic E-state index is 14.0. The van der Waals surface area contributed by atoms with Crippen molar-refractivity contribution in [1.29, 1.82) is 5.26 Å². The molecule has 48 heavy (non-hydrogen) atoms. The van der Waals surface area contributed by atoms with Crippen LogP contribution < -0.4 is 24.5 Å². The van der Waals surface area contributed by atoms with Gasteiger partial charge in [0.1, 0.15) is 22.5 Å². The molecule has 0 saturated carbocycles. The molecule has 0 radical (unpaired) electrons. The number of hydrogen-bond donors (Lipinski definition) is 0. The van der Waals surface area contributed by atoms with E-state index in [0.29, 0.717) is 37.5 Å². The number of pyridine rings is 1. The van der Waals surface area contributed by atoms with E-state index in [1.54, 1.807) is 31.2 Å². The minimum Gasteiger partial charge on any atom is -0.496 e. The Balaban J connectivity index is 1.57. The number of fused-ring (bicyclic) bond motifs is 1. The molecule has 3 heterocycles. The first-order chi connectivity index (χ1) is 22.8. The van der Waals surface area contributed by atoms with Gasteiger partial charge in [-0.2, -0.15) is 18.4 Å². The number of halogens is 3. The number of nitriles is 1. The number of thioether (sulfide) groups is 1. The summed E-state index contributed by atoms with van der Waals surface area (Å²) in [6.45, 7) is 3.14. The average Bonchev–Trinajstić information content (AvgIpc) is 3.35. The molecule has 1 aliphatic heterocycles. The number of aromatic nitrogens is 2. The molecule has 0 spiro atoms. The van der Waals surface area contributed by atoms with Crippen molar-refractivity contribution in [3.05, 3.63) is 113 Å². The van der Waals surface area contributed by atoms with Crippen molar-refractivity contribution in [2.24, 2.45) is 4.99 Å². The standard InChI is InChI=1S/C34H30F3N5O4S2/c1-18-13-27(34(35,36)37)40-30(24(18)16-38)47-17-22-14-20(7-12-25(22)45-5)15-26-31(43)42-29(21-8-10-23(11-9-21)41(3)4)28(32(44)46-6)19(2)39-33(42)48-26/h7-15,29H,17H2,1-6H3/b26-15-/t29-/m1/s1. The monoisotopic (exact) mass is 693 g/mol. The minimum absolute atomic E-state index is 0.0408. The van der Waals surface area contributed by atoms with E-state index in [1.807, 2.05) is 49.3 Å². The van der Waals surface area contributed by atoms with E-state index in [4.69, 9.17) is 9.47 Å². The predicted molar refractivity (Wildman–Crippen MR) is 178 cm³/mol. The number of anilines is 1. The molecule has 2 aromatic carbocycles. The normalized spacial score (nSPS) is 14.7. The fraction of sp³-hybridized carbons (Fsp3) is 0.265. The summed E-state index contributed by atoms with van der Waals surface area (Å²) in [5, 5.41) is 9.57. The van der Waals surface area contributed by atoms with Crippen molar-refractivity contribution in [2.45, 2.75) is 36.8 Å². The molecule has 0 saturated heterocycles. The van der Waals surface area contributed by atoms with Gasteiger partial charge in [-0.1, -0.05) is 29.5 Å². The Morgan fingerprint density at radius 1 is 1.15 bits per heavy atom. The van der Waals surface area contributed by atoms with Crippen molar-refractivity contribution in [1.82, 2.24) is 9.55 Å². The topological polar surface area (TPSA) is 110 Å². The molecule has 0 unspecified atom stereocenters. The van der Waals surface area contributed by atoms with E-state index in [-0.39, 0.29) is 33.0 Å². The van der Waals surface area contributed by atoms with Crippen LogP contribution in [0.2, 0.25) is 0 Å². The summed E-state index contributed by atoms with van der Waals surface area (Å²) in [5.41, 5.74) is 2.41. The maximum Gasteiger partial charge on any atom is 0.433 e. The molecule has 1 atom stereocenters. The highest BCUT2D eigenvalue weighted by Crippen LogP contribution is 2.35. The Hall–Kier alpha value is -4.87. The first kappa shape index (κ1) is 34.5. The third kappa shape index (κ3) is 6.74. The number of carbonyl (C=O) groups excluding carboxylic acids is 1. The van der Waals surface area contributed by atoms with Crippen LogP contribution in [0.15, 0.2) is 74.6 Å². The zero-order chi connectivity index (χ0) is 34.9. The zero-order valence-electron chi connectivity index (χ0n) is 26.8. The van der Waals surface area contributed by atoms with E-state index in [1.165, 1.54) is 37.0 Å². The highest BCUT2D eigenvalue weighted by atomic mass is 32.2. The number of benzene rings is 2. The first-order valence-electron chi connectivity index (χ1n) is 14.4. The molecule has 1 aliphatic rings. The molecule has 0 aliphatic carbocycles. The van der Waals surface area contributed by atoms with Gasteiger partial charge in [-0.25, -0.2) is 14.8 Å². The van der Waals surface area contributed by atoms with Crippen LogP contribution in [0.3, 0.4) is 0 Å². The number of nitrogens with zero attached hydrogens (tertiary/aromatic N) is 5. The number of ether oxygens (including phenoxy) is 2. The quantitative estimate of drug-likeness (QED) is 0.179. The van der Waals surface area contributed by atoms with Crippen LogP contribution in [0, 0.1) is 18.3 Å². The van der Waals surface area contributed by atoms with Crippen molar-refractivity contribution in [2.75, 3.05) is 33.2 Å². The second-order valence-electron chi connectivity index (χ2n) is 11.0. The van der Waals surface area contributed by atoms with Crippen LogP contribution in [0.1, 0.15) is 46.5 Å². The van der Waals surface area contributed by atoms with Gasteiger partial charge in [0.2, 0.25) is 0 Å².